The van der Waals surface area contributed by atoms with Crippen molar-refractivity contribution in [3.63, 3.8) is 0 Å². The van der Waals surface area contributed by atoms with E-state index in [2.05, 4.69) is 5.43 Å². The highest BCUT2D eigenvalue weighted by molar-refractivity contribution is 5.98. The second-order valence-electron chi connectivity index (χ2n) is 4.05. The van der Waals surface area contributed by atoms with Crippen molar-refractivity contribution in [3.05, 3.63) is 66.0 Å². The van der Waals surface area contributed by atoms with E-state index in [4.69, 9.17) is 0 Å². The molecule has 6 heteroatoms. The number of alkyl halides is 3. The molecule has 0 aliphatic heterocycles. The number of amides is 1. The van der Waals surface area contributed by atoms with Gasteiger partial charge in [-0.3, -0.25) is 4.79 Å². The van der Waals surface area contributed by atoms with Crippen LogP contribution in [0.25, 0.3) is 0 Å². The molecule has 106 valence electrons. The topological polar surface area (TPSA) is 33.0 Å². The number of carbonyl (C=O) groups excluding carboxylic acids is 1. The van der Waals surface area contributed by atoms with Crippen molar-refractivity contribution >= 4 is 5.91 Å². The number of nitrogens with zero attached hydrogens (tertiary/aromatic N) is 1. The van der Waals surface area contributed by atoms with Crippen molar-refractivity contribution in [1.82, 2.24) is 0 Å². The average Bonchev–Trinajstić information content (AvgIpc) is 2.46. The number of rotatable bonds is 2. The molecule has 0 saturated carbocycles. The maximum absolute atomic E-state index is 12.0. The van der Waals surface area contributed by atoms with E-state index in [0.717, 1.165) is 0 Å². The van der Waals surface area contributed by atoms with E-state index in [9.17, 15) is 18.0 Å². The van der Waals surface area contributed by atoms with Gasteiger partial charge in [0.05, 0.1) is 0 Å². The van der Waals surface area contributed by atoms with Crippen LogP contribution in [-0.2, 0) is 0 Å². The summed E-state index contributed by atoms with van der Waals surface area (Å²) in [5.41, 5.74) is 3.11. The van der Waals surface area contributed by atoms with Gasteiger partial charge in [-0.05, 0) is 24.3 Å². The van der Waals surface area contributed by atoms with Crippen LogP contribution in [0.2, 0.25) is 0 Å². The average molecular weight is 291 g/mol. The molecule has 2 rings (SSSR count). The first-order chi connectivity index (χ1) is 9.94. The van der Waals surface area contributed by atoms with Gasteiger partial charge in [-0.1, -0.05) is 16.7 Å². The van der Waals surface area contributed by atoms with Gasteiger partial charge in [0.15, 0.2) is 12.4 Å². The third-order valence-corrected chi connectivity index (χ3v) is 2.44. The summed E-state index contributed by atoms with van der Waals surface area (Å²) in [5.74, 6) is 2.79. The van der Waals surface area contributed by atoms with Gasteiger partial charge in [-0.15, -0.1) is 5.43 Å². The zero-order valence-electron chi connectivity index (χ0n) is 10.7. The molecule has 0 radical (unpaired) electrons. The van der Waals surface area contributed by atoms with Crippen LogP contribution in [0.5, 0.6) is 0 Å². The minimum atomic E-state index is -4.53. The quantitative estimate of drug-likeness (QED) is 0.668. The van der Waals surface area contributed by atoms with Gasteiger partial charge in [0.25, 0.3) is 0 Å². The molecule has 0 atom stereocenters. The van der Waals surface area contributed by atoms with Crippen LogP contribution < -0.4 is 10.1 Å². The molecule has 0 bridgehead atoms. The number of benzene rings is 1. The first kappa shape index (κ1) is 14.6. The van der Waals surface area contributed by atoms with Crippen molar-refractivity contribution in [2.75, 3.05) is 5.43 Å². The molecule has 0 aliphatic rings. The monoisotopic (exact) mass is 291 g/mol. The number of nitrogens with one attached hydrogen (secondary N) is 1. The lowest BCUT2D eigenvalue weighted by Gasteiger charge is -2.00. The third kappa shape index (κ3) is 4.66. The molecule has 21 heavy (non-hydrogen) atoms. The van der Waals surface area contributed by atoms with Crippen molar-refractivity contribution in [1.29, 1.82) is 0 Å². The number of halogens is 3. The van der Waals surface area contributed by atoms with Gasteiger partial charge >= 0.3 is 12.1 Å². The Kier molecular flexibility index (Phi) is 4.24. The molecule has 0 unspecified atom stereocenters. The molecular formula is C15H10F3N2O+. The SMILES string of the molecule is O=C(N[n+]1ccccc1)c1ccc(C#CC(F)(F)F)cc1. The number of carbonyl (C=O) groups is 1. The lowest BCUT2D eigenvalue weighted by molar-refractivity contribution is -0.641. The van der Waals surface area contributed by atoms with Crippen molar-refractivity contribution in [2.24, 2.45) is 0 Å². The minimum absolute atomic E-state index is 0.191. The van der Waals surface area contributed by atoms with E-state index >= 15 is 0 Å². The first-order valence-electron chi connectivity index (χ1n) is 5.92. The van der Waals surface area contributed by atoms with E-state index in [0.29, 0.717) is 5.56 Å². The second kappa shape index (κ2) is 6.09. The van der Waals surface area contributed by atoms with Crippen molar-refractivity contribution in [2.45, 2.75) is 6.18 Å². The van der Waals surface area contributed by atoms with Crippen LogP contribution >= 0.6 is 0 Å². The molecule has 3 nitrogen and oxygen atoms in total. The van der Waals surface area contributed by atoms with E-state index in [1.807, 2.05) is 5.92 Å². The van der Waals surface area contributed by atoms with E-state index in [-0.39, 0.29) is 11.5 Å². The number of aromatic nitrogens is 1. The molecule has 0 fully saturated rings. The highest BCUT2D eigenvalue weighted by Crippen LogP contribution is 2.12. The molecule has 0 aliphatic carbocycles. The summed E-state index contributed by atoms with van der Waals surface area (Å²) < 4.78 is 37.3. The van der Waals surface area contributed by atoms with Crippen LogP contribution in [-0.4, -0.2) is 12.1 Å². The van der Waals surface area contributed by atoms with Crippen LogP contribution in [0.4, 0.5) is 13.2 Å². The summed E-state index contributed by atoms with van der Waals surface area (Å²) in [6.45, 7) is 0. The summed E-state index contributed by atoms with van der Waals surface area (Å²) in [4.78, 5) is 11.9. The predicted molar refractivity (Wildman–Crippen MR) is 69.7 cm³/mol. The van der Waals surface area contributed by atoms with Gasteiger partial charge in [0.2, 0.25) is 0 Å². The molecule has 1 N–H and O–H groups in total. The van der Waals surface area contributed by atoms with Gasteiger partial charge in [-0.25, -0.2) is 0 Å². The van der Waals surface area contributed by atoms with Crippen LogP contribution in [0.1, 0.15) is 15.9 Å². The summed E-state index contributed by atoms with van der Waals surface area (Å²) in [6.07, 6.45) is -1.22. The fourth-order valence-corrected chi connectivity index (χ4v) is 1.50. The maximum atomic E-state index is 12.0. The maximum Gasteiger partial charge on any atom is 0.458 e. The molecule has 2 aromatic rings. The molecule has 0 spiro atoms. The smallest absolute Gasteiger partial charge is 0.264 e. The molecule has 1 heterocycles. The second-order valence-corrected chi connectivity index (χ2v) is 4.05. The van der Waals surface area contributed by atoms with Gasteiger partial charge < -0.3 is 0 Å². The van der Waals surface area contributed by atoms with Crippen molar-refractivity contribution < 1.29 is 22.6 Å². The first-order valence-corrected chi connectivity index (χ1v) is 5.92. The van der Waals surface area contributed by atoms with Gasteiger partial charge in [-0.2, -0.15) is 13.2 Å². The summed E-state index contributed by atoms with van der Waals surface area (Å²) in [6, 6.07) is 10.9. The fraction of sp³-hybridized carbons (Fsp3) is 0.0667. The Labute approximate surface area is 119 Å². The van der Waals surface area contributed by atoms with Gasteiger partial charge in [0, 0.05) is 29.2 Å². The van der Waals surface area contributed by atoms with Crippen molar-refractivity contribution in [3.8, 4) is 11.8 Å². The number of hydrogen-bond acceptors (Lipinski definition) is 1. The van der Waals surface area contributed by atoms with Crippen LogP contribution in [0.3, 0.4) is 0 Å². The third-order valence-electron chi connectivity index (χ3n) is 2.44. The Balaban J connectivity index is 2.08. The Hall–Kier alpha value is -2.81. The molecule has 1 aromatic carbocycles. The van der Waals surface area contributed by atoms with Crippen LogP contribution in [0.15, 0.2) is 54.9 Å². The Morgan fingerprint density at radius 2 is 1.67 bits per heavy atom. The summed E-state index contributed by atoms with van der Waals surface area (Å²) >= 11 is 0. The molecular weight excluding hydrogens is 281 g/mol. The van der Waals surface area contributed by atoms with E-state index < -0.39 is 6.18 Å². The normalized spacial score (nSPS) is 10.4. The number of pyridine rings is 1. The minimum Gasteiger partial charge on any atom is -0.264 e. The standard InChI is InChI=1S/C15H9F3N2O/c16-15(17,18)9-8-12-4-6-13(7-5-12)14(21)19-20-10-2-1-3-11-20/h1-7,10-11H/p+1. The van der Waals surface area contributed by atoms with E-state index in [1.165, 1.54) is 34.9 Å². The molecule has 0 saturated heterocycles. The van der Waals surface area contributed by atoms with E-state index in [1.54, 1.807) is 30.6 Å². The fourth-order valence-electron chi connectivity index (χ4n) is 1.50. The summed E-state index contributed by atoms with van der Waals surface area (Å²) in [7, 11) is 0. The Morgan fingerprint density at radius 3 is 2.24 bits per heavy atom. The zero-order valence-corrected chi connectivity index (χ0v) is 10.7. The largest absolute Gasteiger partial charge is 0.458 e. The highest BCUT2D eigenvalue weighted by Gasteiger charge is 2.22. The lowest BCUT2D eigenvalue weighted by Crippen LogP contribution is -2.47. The molecule has 1 aromatic heterocycles. The van der Waals surface area contributed by atoms with Crippen LogP contribution in [0, 0.1) is 11.8 Å². The Morgan fingerprint density at radius 1 is 1.05 bits per heavy atom. The zero-order chi connectivity index (χ0) is 15.3. The van der Waals surface area contributed by atoms with Gasteiger partial charge in [0.1, 0.15) is 0 Å². The Bertz CT molecular complexity index is 683. The predicted octanol–water partition coefficient (Wildman–Crippen LogP) is 2.27. The lowest BCUT2D eigenvalue weighted by atomic mass is 10.1. The molecule has 1 amide bonds. The highest BCUT2D eigenvalue weighted by atomic mass is 19.4. The number of hydrogen-bond donors (Lipinski definition) is 1. The summed E-state index contributed by atoms with van der Waals surface area (Å²) in [5, 5.41) is 0.